The highest BCUT2D eigenvalue weighted by molar-refractivity contribution is 8.00. The first-order chi connectivity index (χ1) is 19.7. The monoisotopic (exact) mass is 613 g/mol. The molecular weight excluding hydrogens is 581 g/mol. The second-order valence-electron chi connectivity index (χ2n) is 10.4. The molecule has 0 aliphatic carbocycles. The molecule has 2 fully saturated rings. The highest BCUT2D eigenvalue weighted by Gasteiger charge is 2.34. The lowest BCUT2D eigenvalue weighted by Gasteiger charge is -2.42. The first-order valence-corrected chi connectivity index (χ1v) is 16.2. The standard InChI is InChI=1S/C31H33Cl2N3O4S/c1-41(38,39)30(24-3-2-4-25(19-24)31(37)34-13-14-35-15-17-40-18-16-35)26-20-36(21-26)29(22-5-9-27(32)10-6-22)23-7-11-28(33)12-8-23/h2-12,19,29H,13-18,20-21H2,1H3,(H,34,37). The minimum atomic E-state index is -3.57. The number of hydrogen-bond acceptors (Lipinski definition) is 6. The van der Waals surface area contributed by atoms with Crippen molar-refractivity contribution < 1.29 is 17.9 Å². The van der Waals surface area contributed by atoms with Gasteiger partial charge in [-0.25, -0.2) is 8.42 Å². The maximum atomic E-state index is 13.1. The summed E-state index contributed by atoms with van der Waals surface area (Å²) in [4.78, 5) is 17.7. The summed E-state index contributed by atoms with van der Waals surface area (Å²) in [6.45, 7) is 5.30. The third-order valence-corrected chi connectivity index (χ3v) is 9.19. The zero-order valence-corrected chi connectivity index (χ0v) is 25.2. The second-order valence-corrected chi connectivity index (χ2v) is 13.2. The van der Waals surface area contributed by atoms with Crippen molar-refractivity contribution in [2.75, 3.05) is 58.7 Å². The molecule has 5 rings (SSSR count). The summed E-state index contributed by atoms with van der Waals surface area (Å²) >= 11 is 12.3. The Morgan fingerprint density at radius 2 is 1.46 bits per heavy atom. The highest BCUT2D eigenvalue weighted by atomic mass is 35.5. The van der Waals surface area contributed by atoms with Crippen molar-refractivity contribution in [2.45, 2.75) is 6.04 Å². The molecule has 2 heterocycles. The van der Waals surface area contributed by atoms with E-state index in [2.05, 4.69) is 15.1 Å². The van der Waals surface area contributed by atoms with E-state index in [1.54, 1.807) is 24.3 Å². The van der Waals surface area contributed by atoms with Gasteiger partial charge in [-0.05, 0) is 58.7 Å². The number of halogens is 2. The molecule has 10 heteroatoms. The summed E-state index contributed by atoms with van der Waals surface area (Å²) in [5.41, 5.74) is 3.87. The average Bonchev–Trinajstić information content (AvgIpc) is 2.93. The molecule has 3 aromatic rings. The van der Waals surface area contributed by atoms with E-state index in [9.17, 15) is 13.2 Å². The Labute approximate surface area is 251 Å². The van der Waals surface area contributed by atoms with E-state index in [1.807, 2.05) is 48.5 Å². The van der Waals surface area contributed by atoms with Crippen molar-refractivity contribution in [3.63, 3.8) is 0 Å². The van der Waals surface area contributed by atoms with Gasteiger partial charge in [0.15, 0.2) is 9.84 Å². The number of hydrogen-bond donors (Lipinski definition) is 1. The Bertz CT molecular complexity index is 1470. The molecule has 0 atom stereocenters. The van der Waals surface area contributed by atoms with Crippen LogP contribution in [-0.4, -0.2) is 82.9 Å². The van der Waals surface area contributed by atoms with E-state index < -0.39 is 9.84 Å². The Balaban J connectivity index is 1.36. The molecule has 0 aromatic heterocycles. The summed E-state index contributed by atoms with van der Waals surface area (Å²) < 4.78 is 31.5. The molecule has 7 nitrogen and oxygen atoms in total. The lowest BCUT2D eigenvalue weighted by molar-refractivity contribution is 0.0383. The molecule has 0 bridgehead atoms. The molecule has 0 saturated carbocycles. The van der Waals surface area contributed by atoms with Gasteiger partial charge in [-0.15, -0.1) is 0 Å². The number of sulfone groups is 1. The number of rotatable bonds is 9. The van der Waals surface area contributed by atoms with Gasteiger partial charge in [0.05, 0.1) is 24.2 Å². The highest BCUT2D eigenvalue weighted by Crippen LogP contribution is 2.38. The lowest BCUT2D eigenvalue weighted by Crippen LogP contribution is -2.44. The number of nitrogens with zero attached hydrogens (tertiary/aromatic N) is 2. The van der Waals surface area contributed by atoms with Gasteiger partial charge in [0.1, 0.15) is 0 Å². The van der Waals surface area contributed by atoms with Gasteiger partial charge in [-0.2, -0.15) is 0 Å². The van der Waals surface area contributed by atoms with E-state index in [0.717, 1.165) is 36.3 Å². The third kappa shape index (κ3) is 7.38. The van der Waals surface area contributed by atoms with Crippen LogP contribution in [-0.2, 0) is 14.6 Å². The number of ether oxygens (including phenoxy) is 1. The third-order valence-electron chi connectivity index (χ3n) is 7.42. The Hall–Kier alpha value is -2.72. The van der Waals surface area contributed by atoms with Crippen LogP contribution in [0.3, 0.4) is 0 Å². The van der Waals surface area contributed by atoms with Crippen LogP contribution in [0.25, 0.3) is 4.91 Å². The Morgan fingerprint density at radius 3 is 2.02 bits per heavy atom. The summed E-state index contributed by atoms with van der Waals surface area (Å²) in [7, 11) is -3.57. The van der Waals surface area contributed by atoms with E-state index in [0.29, 0.717) is 54.0 Å². The first kappa shape index (κ1) is 29.8. The topological polar surface area (TPSA) is 79.0 Å². The minimum absolute atomic E-state index is 0.0994. The Kier molecular flexibility index (Phi) is 9.49. The SMILES string of the molecule is CS(=O)(=O)C(=C1CN(C(c2ccc(Cl)cc2)c2ccc(Cl)cc2)C1)c1cccc(C(=O)NCCN2CCOCC2)c1. The molecule has 1 N–H and O–H groups in total. The number of amides is 1. The maximum absolute atomic E-state index is 13.1. The number of benzene rings is 3. The molecule has 41 heavy (non-hydrogen) atoms. The number of morpholine rings is 1. The average molecular weight is 615 g/mol. The number of nitrogens with one attached hydrogen (secondary N) is 1. The molecule has 2 aliphatic rings. The predicted octanol–water partition coefficient (Wildman–Crippen LogP) is 4.92. The first-order valence-electron chi connectivity index (χ1n) is 13.5. The van der Waals surface area contributed by atoms with Gasteiger partial charge in [0, 0.05) is 61.1 Å². The molecular formula is C31H33Cl2N3O4S. The summed E-state index contributed by atoms with van der Waals surface area (Å²) in [6.07, 6.45) is 1.23. The van der Waals surface area contributed by atoms with Crippen molar-refractivity contribution in [3.8, 4) is 0 Å². The molecule has 216 valence electrons. The summed E-state index contributed by atoms with van der Waals surface area (Å²) in [5.74, 6) is -0.223. The van der Waals surface area contributed by atoms with Gasteiger partial charge in [0.2, 0.25) is 0 Å². The van der Waals surface area contributed by atoms with Gasteiger partial charge < -0.3 is 10.1 Å². The molecule has 0 spiro atoms. The fourth-order valence-corrected chi connectivity index (χ4v) is 6.87. The van der Waals surface area contributed by atoms with Gasteiger partial charge >= 0.3 is 0 Å². The fourth-order valence-electron chi connectivity index (χ4n) is 5.41. The van der Waals surface area contributed by atoms with Gasteiger partial charge in [0.25, 0.3) is 5.91 Å². The normalized spacial score (nSPS) is 16.4. The predicted molar refractivity (Wildman–Crippen MR) is 164 cm³/mol. The lowest BCUT2D eigenvalue weighted by atomic mass is 9.92. The fraction of sp³-hybridized carbons (Fsp3) is 0.323. The van der Waals surface area contributed by atoms with Crippen LogP contribution in [0, 0.1) is 0 Å². The van der Waals surface area contributed by atoms with Crippen LogP contribution in [0.5, 0.6) is 0 Å². The zero-order chi connectivity index (χ0) is 29.0. The molecule has 0 radical (unpaired) electrons. The number of carbonyl (C=O) groups is 1. The van der Waals surface area contributed by atoms with Crippen LogP contribution in [0.4, 0.5) is 0 Å². The zero-order valence-electron chi connectivity index (χ0n) is 22.9. The van der Waals surface area contributed by atoms with Crippen molar-refractivity contribution in [1.29, 1.82) is 0 Å². The molecule has 3 aromatic carbocycles. The van der Waals surface area contributed by atoms with E-state index in [-0.39, 0.29) is 16.9 Å². The maximum Gasteiger partial charge on any atom is 0.251 e. The van der Waals surface area contributed by atoms with Crippen LogP contribution in [0.2, 0.25) is 10.0 Å². The van der Waals surface area contributed by atoms with Crippen molar-refractivity contribution in [3.05, 3.63) is 111 Å². The van der Waals surface area contributed by atoms with Gasteiger partial charge in [-0.3, -0.25) is 14.6 Å². The summed E-state index contributed by atoms with van der Waals surface area (Å²) in [5, 5.41) is 4.26. The van der Waals surface area contributed by atoms with Gasteiger partial charge in [-0.1, -0.05) is 59.6 Å². The molecule has 2 saturated heterocycles. The van der Waals surface area contributed by atoms with Crippen LogP contribution in [0.15, 0.2) is 78.4 Å². The van der Waals surface area contributed by atoms with Crippen molar-refractivity contribution in [2.24, 2.45) is 0 Å². The van der Waals surface area contributed by atoms with Crippen LogP contribution < -0.4 is 5.32 Å². The van der Waals surface area contributed by atoms with Crippen molar-refractivity contribution in [1.82, 2.24) is 15.1 Å². The van der Waals surface area contributed by atoms with Crippen LogP contribution >= 0.6 is 23.2 Å². The summed E-state index contributed by atoms with van der Waals surface area (Å²) in [6, 6.07) is 22.2. The quantitative estimate of drug-likeness (QED) is 0.369. The second kappa shape index (κ2) is 13.1. The van der Waals surface area contributed by atoms with E-state index >= 15 is 0 Å². The van der Waals surface area contributed by atoms with Crippen LogP contribution in [0.1, 0.15) is 33.1 Å². The number of carbonyl (C=O) groups excluding carboxylic acids is 1. The van der Waals surface area contributed by atoms with Crippen molar-refractivity contribution >= 4 is 43.9 Å². The largest absolute Gasteiger partial charge is 0.379 e. The minimum Gasteiger partial charge on any atom is -0.379 e. The van der Waals surface area contributed by atoms with E-state index in [1.165, 1.54) is 6.26 Å². The smallest absolute Gasteiger partial charge is 0.251 e. The molecule has 1 amide bonds. The Morgan fingerprint density at radius 1 is 0.902 bits per heavy atom. The number of likely N-dealkylation sites (tertiary alicyclic amines) is 1. The molecule has 2 aliphatic heterocycles. The van der Waals surface area contributed by atoms with E-state index in [4.69, 9.17) is 27.9 Å². The molecule has 0 unspecified atom stereocenters.